The number of aromatic nitrogens is 2. The third-order valence-electron chi connectivity index (χ3n) is 2.87. The molecule has 0 spiro atoms. The van der Waals surface area contributed by atoms with Crippen LogP contribution in [-0.4, -0.2) is 9.97 Å². The van der Waals surface area contributed by atoms with E-state index >= 15 is 0 Å². The Balaban J connectivity index is 2.33. The predicted octanol–water partition coefficient (Wildman–Crippen LogP) is 2.93. The Kier molecular flexibility index (Phi) is 2.83. The van der Waals surface area contributed by atoms with Crippen molar-refractivity contribution in [2.24, 2.45) is 0 Å². The lowest BCUT2D eigenvalue weighted by atomic mass is 10.1. The first-order chi connectivity index (χ1) is 9.15. The highest BCUT2D eigenvalue weighted by Gasteiger charge is 2.10. The summed E-state index contributed by atoms with van der Waals surface area (Å²) in [5.74, 6) is 0. The molecule has 3 rings (SSSR count). The molecule has 3 aromatic rings. The van der Waals surface area contributed by atoms with Crippen LogP contribution in [0.5, 0.6) is 0 Å². The van der Waals surface area contributed by atoms with Crippen molar-refractivity contribution >= 4 is 32.7 Å². The highest BCUT2D eigenvalue weighted by Crippen LogP contribution is 2.26. The van der Waals surface area contributed by atoms with Crippen molar-refractivity contribution < 1.29 is 0 Å². The molecule has 0 radical (unpaired) electrons. The van der Waals surface area contributed by atoms with Gasteiger partial charge in [0.2, 0.25) is 0 Å². The number of nitrogens with zero attached hydrogens (tertiary/aromatic N) is 1. The number of para-hydroxylation sites is 2. The molecule has 1 heterocycles. The summed E-state index contributed by atoms with van der Waals surface area (Å²) in [4.78, 5) is 19.3. The zero-order chi connectivity index (χ0) is 13.4. The van der Waals surface area contributed by atoms with Gasteiger partial charge >= 0.3 is 0 Å². The Bertz CT molecular complexity index is 826. The van der Waals surface area contributed by atoms with Crippen LogP contribution in [0.1, 0.15) is 0 Å². The maximum Gasteiger partial charge on any atom is 0.275 e. The molecule has 0 amide bonds. The fourth-order valence-electron chi connectivity index (χ4n) is 1.95. The second-order valence-electron chi connectivity index (χ2n) is 4.16. The molecule has 0 saturated heterocycles. The molecular formula is C14H10BrN3O. The molecule has 5 heteroatoms. The van der Waals surface area contributed by atoms with Gasteiger partial charge < -0.3 is 10.7 Å². The molecule has 1 aromatic heterocycles. The lowest BCUT2D eigenvalue weighted by Crippen LogP contribution is -2.12. The number of aromatic amines is 1. The first-order valence-corrected chi connectivity index (χ1v) is 6.49. The molecule has 4 nitrogen and oxygen atoms in total. The van der Waals surface area contributed by atoms with Gasteiger partial charge in [-0.3, -0.25) is 4.79 Å². The second-order valence-corrected chi connectivity index (χ2v) is 5.08. The van der Waals surface area contributed by atoms with Gasteiger partial charge in [-0.25, -0.2) is 4.98 Å². The number of nitrogen functional groups attached to an aromatic ring is 1. The van der Waals surface area contributed by atoms with Crippen molar-refractivity contribution in [1.82, 2.24) is 9.97 Å². The van der Waals surface area contributed by atoms with Crippen LogP contribution >= 0.6 is 15.9 Å². The van der Waals surface area contributed by atoms with Crippen molar-refractivity contribution in [2.45, 2.75) is 0 Å². The summed E-state index contributed by atoms with van der Waals surface area (Å²) in [6.07, 6.45) is 0. The molecule has 94 valence electrons. The van der Waals surface area contributed by atoms with Gasteiger partial charge in [-0.1, -0.05) is 28.1 Å². The van der Waals surface area contributed by atoms with Crippen LogP contribution in [-0.2, 0) is 0 Å². The molecule has 0 atom stereocenters. The third-order valence-corrected chi connectivity index (χ3v) is 3.36. The molecule has 0 saturated carbocycles. The highest BCUT2D eigenvalue weighted by atomic mass is 79.9. The Morgan fingerprint density at radius 3 is 2.79 bits per heavy atom. The van der Waals surface area contributed by atoms with Crippen LogP contribution in [0, 0.1) is 0 Å². The van der Waals surface area contributed by atoms with Crippen molar-refractivity contribution in [2.75, 3.05) is 5.73 Å². The Morgan fingerprint density at radius 1 is 1.16 bits per heavy atom. The quantitative estimate of drug-likeness (QED) is 0.678. The number of rotatable bonds is 1. The number of fused-ring (bicyclic) bond motifs is 1. The summed E-state index contributed by atoms with van der Waals surface area (Å²) in [5.41, 5.74) is 8.60. The number of halogens is 1. The maximum atomic E-state index is 12.1. The minimum Gasteiger partial charge on any atom is -0.398 e. The third kappa shape index (κ3) is 2.13. The van der Waals surface area contributed by atoms with E-state index in [2.05, 4.69) is 25.9 Å². The first-order valence-electron chi connectivity index (χ1n) is 5.69. The molecule has 0 bridgehead atoms. The fraction of sp³-hybridized carbons (Fsp3) is 0. The molecular weight excluding hydrogens is 306 g/mol. The molecule has 0 aliphatic heterocycles. The lowest BCUT2D eigenvalue weighted by Gasteiger charge is -2.06. The minimum absolute atomic E-state index is 0.247. The lowest BCUT2D eigenvalue weighted by molar-refractivity contribution is 1.22. The van der Waals surface area contributed by atoms with E-state index in [-0.39, 0.29) is 5.56 Å². The van der Waals surface area contributed by atoms with Gasteiger partial charge in [-0.2, -0.15) is 0 Å². The molecule has 2 aromatic carbocycles. The van der Waals surface area contributed by atoms with E-state index in [0.29, 0.717) is 22.5 Å². The zero-order valence-corrected chi connectivity index (χ0v) is 11.4. The Labute approximate surface area is 117 Å². The van der Waals surface area contributed by atoms with E-state index in [1.165, 1.54) is 0 Å². The van der Waals surface area contributed by atoms with Crippen LogP contribution < -0.4 is 11.3 Å². The van der Waals surface area contributed by atoms with Crippen LogP contribution in [0.25, 0.3) is 22.3 Å². The zero-order valence-electron chi connectivity index (χ0n) is 9.85. The summed E-state index contributed by atoms with van der Waals surface area (Å²) < 4.78 is 0.853. The number of hydrogen-bond acceptors (Lipinski definition) is 3. The van der Waals surface area contributed by atoms with Crippen LogP contribution in [0.3, 0.4) is 0 Å². The maximum absolute atomic E-state index is 12.1. The summed E-state index contributed by atoms with van der Waals surface area (Å²) in [6, 6.07) is 12.8. The normalized spacial score (nSPS) is 10.8. The summed E-state index contributed by atoms with van der Waals surface area (Å²) in [7, 11) is 0. The number of nitrogens with one attached hydrogen (secondary N) is 1. The van der Waals surface area contributed by atoms with Crippen molar-refractivity contribution in [3.05, 3.63) is 57.3 Å². The average molecular weight is 316 g/mol. The van der Waals surface area contributed by atoms with Gasteiger partial charge in [-0.15, -0.1) is 0 Å². The SMILES string of the molecule is Nc1ccc(Br)cc1-c1nc2ccccc2[nH]c1=O. The number of nitrogens with two attached hydrogens (primary N) is 1. The van der Waals surface area contributed by atoms with Crippen LogP contribution in [0.2, 0.25) is 0 Å². The number of benzene rings is 2. The molecule has 0 fully saturated rings. The van der Waals surface area contributed by atoms with Crippen molar-refractivity contribution in [3.63, 3.8) is 0 Å². The number of anilines is 1. The van der Waals surface area contributed by atoms with Gasteiger partial charge in [0, 0.05) is 15.7 Å². The number of H-pyrrole nitrogens is 1. The van der Waals surface area contributed by atoms with Crippen LogP contribution in [0.4, 0.5) is 5.69 Å². The predicted molar refractivity (Wildman–Crippen MR) is 79.9 cm³/mol. The van der Waals surface area contributed by atoms with E-state index in [9.17, 15) is 4.79 Å². The molecule has 0 aliphatic rings. The van der Waals surface area contributed by atoms with Gasteiger partial charge in [0.25, 0.3) is 5.56 Å². The second kappa shape index (κ2) is 4.51. The van der Waals surface area contributed by atoms with E-state index in [1.807, 2.05) is 30.3 Å². The molecule has 3 N–H and O–H groups in total. The number of hydrogen-bond donors (Lipinski definition) is 2. The van der Waals surface area contributed by atoms with Crippen molar-refractivity contribution in [3.8, 4) is 11.3 Å². The summed E-state index contributed by atoms with van der Waals surface area (Å²) >= 11 is 3.37. The van der Waals surface area contributed by atoms with Gasteiger partial charge in [-0.05, 0) is 30.3 Å². The average Bonchev–Trinajstić information content (AvgIpc) is 2.41. The van der Waals surface area contributed by atoms with E-state index < -0.39 is 0 Å². The van der Waals surface area contributed by atoms with Gasteiger partial charge in [0.05, 0.1) is 11.0 Å². The molecule has 0 aliphatic carbocycles. The Morgan fingerprint density at radius 2 is 1.95 bits per heavy atom. The fourth-order valence-corrected chi connectivity index (χ4v) is 2.31. The molecule has 19 heavy (non-hydrogen) atoms. The smallest absolute Gasteiger partial charge is 0.275 e. The minimum atomic E-state index is -0.247. The van der Waals surface area contributed by atoms with E-state index in [1.54, 1.807) is 12.1 Å². The molecule has 0 unspecified atom stereocenters. The first kappa shape index (κ1) is 11.9. The van der Waals surface area contributed by atoms with Gasteiger partial charge in [0.1, 0.15) is 5.69 Å². The van der Waals surface area contributed by atoms with Gasteiger partial charge in [0.15, 0.2) is 0 Å². The van der Waals surface area contributed by atoms with E-state index in [4.69, 9.17) is 5.73 Å². The largest absolute Gasteiger partial charge is 0.398 e. The Hall–Kier alpha value is -2.14. The summed E-state index contributed by atoms with van der Waals surface area (Å²) in [6.45, 7) is 0. The van der Waals surface area contributed by atoms with Crippen molar-refractivity contribution in [1.29, 1.82) is 0 Å². The van der Waals surface area contributed by atoms with Crippen LogP contribution in [0.15, 0.2) is 51.7 Å². The monoisotopic (exact) mass is 315 g/mol. The van der Waals surface area contributed by atoms with E-state index in [0.717, 1.165) is 9.99 Å². The standard InChI is InChI=1S/C14H10BrN3O/c15-8-5-6-10(16)9(7-8)13-14(19)18-12-4-2-1-3-11(12)17-13/h1-7H,16H2,(H,18,19). The highest BCUT2D eigenvalue weighted by molar-refractivity contribution is 9.10. The topological polar surface area (TPSA) is 71.8 Å². The summed E-state index contributed by atoms with van der Waals surface area (Å²) in [5, 5.41) is 0.